The van der Waals surface area contributed by atoms with E-state index in [2.05, 4.69) is 24.2 Å². The maximum atomic E-state index is 12.1. The van der Waals surface area contributed by atoms with E-state index in [1.807, 2.05) is 18.2 Å². The molecule has 1 aromatic heterocycles. The Kier molecular flexibility index (Phi) is 8.61. The Morgan fingerprint density at radius 1 is 0.897 bits per heavy atom. The molecule has 1 heterocycles. The predicted molar refractivity (Wildman–Crippen MR) is 124 cm³/mol. The van der Waals surface area contributed by atoms with E-state index in [0.29, 0.717) is 33.0 Å². The van der Waals surface area contributed by atoms with Crippen molar-refractivity contribution in [3.8, 4) is 0 Å². The van der Waals surface area contributed by atoms with Gasteiger partial charge in [0.05, 0.1) is 9.89 Å². The molecule has 0 saturated carbocycles. The third kappa shape index (κ3) is 5.77. The third-order valence-electron chi connectivity index (χ3n) is 3.88. The topological polar surface area (TPSA) is 73.1 Å². The molecule has 0 radical (unpaired) electrons. The fourth-order valence-corrected chi connectivity index (χ4v) is 2.79. The summed E-state index contributed by atoms with van der Waals surface area (Å²) in [5.41, 5.74) is 7.69. The fourth-order valence-electron chi connectivity index (χ4n) is 2.54. The van der Waals surface area contributed by atoms with Crippen molar-refractivity contribution in [2.24, 2.45) is 5.73 Å². The lowest BCUT2D eigenvalue weighted by atomic mass is 9.84. The molecule has 1 aliphatic carbocycles. The summed E-state index contributed by atoms with van der Waals surface area (Å²) in [6, 6.07) is 19.5. The van der Waals surface area contributed by atoms with Gasteiger partial charge in [-0.1, -0.05) is 72.9 Å². The number of nitrogens with two attached hydrogens (primary N) is 1. The zero-order valence-electron chi connectivity index (χ0n) is 15.6. The molecule has 6 heteroatoms. The minimum Gasteiger partial charge on any atom is -0.327 e. The standard InChI is InChI=1S/C14H8O2.C6H5NS2.C3H7N/c15-13-9-5-1-2-6-10(9)14(16)12-8-4-3-7-11(12)13;8-6(9)5-3-1-2-4-7-5;1-2-3-4/h1-8H;1-4H,(H,8,9);2H,1,3-4H2. The van der Waals surface area contributed by atoms with Crippen molar-refractivity contribution >= 4 is 40.6 Å². The van der Waals surface area contributed by atoms with Crippen LogP contribution in [0.5, 0.6) is 0 Å². The number of pyridine rings is 1. The number of benzene rings is 2. The monoisotopic (exact) mass is 420 g/mol. The SMILES string of the molecule is C=CCN.O=C1c2ccccc2C(=O)c2ccccc21.S=C(S)c1ccccn1. The van der Waals surface area contributed by atoms with Crippen LogP contribution in [-0.4, -0.2) is 27.3 Å². The molecular formula is C23H20N2O2S2. The van der Waals surface area contributed by atoms with Gasteiger partial charge in [-0.25, -0.2) is 0 Å². The third-order valence-corrected chi connectivity index (χ3v) is 4.32. The quantitative estimate of drug-likeness (QED) is 0.288. The minimum absolute atomic E-state index is 0.0641. The Balaban J connectivity index is 0.000000195. The first kappa shape index (κ1) is 22.4. The summed E-state index contributed by atoms with van der Waals surface area (Å²) in [6.45, 7) is 3.94. The number of thiocarbonyl (C=S) groups is 1. The van der Waals surface area contributed by atoms with Crippen molar-refractivity contribution in [2.45, 2.75) is 0 Å². The summed E-state index contributed by atoms with van der Waals surface area (Å²) >= 11 is 8.72. The van der Waals surface area contributed by atoms with E-state index in [0.717, 1.165) is 5.69 Å². The average molecular weight is 421 g/mol. The molecule has 3 aromatic rings. The van der Waals surface area contributed by atoms with Crippen LogP contribution in [0.2, 0.25) is 0 Å². The van der Waals surface area contributed by atoms with Gasteiger partial charge in [0.15, 0.2) is 11.6 Å². The van der Waals surface area contributed by atoms with Crippen molar-refractivity contribution in [3.05, 3.63) is 114 Å². The molecule has 0 atom stereocenters. The van der Waals surface area contributed by atoms with E-state index in [4.69, 9.17) is 18.0 Å². The lowest BCUT2D eigenvalue weighted by Gasteiger charge is -2.16. The Labute approximate surface area is 180 Å². The van der Waals surface area contributed by atoms with Crippen LogP contribution in [-0.2, 0) is 0 Å². The molecule has 0 fully saturated rings. The van der Waals surface area contributed by atoms with Gasteiger partial charge in [0.2, 0.25) is 0 Å². The molecule has 1 aliphatic rings. The van der Waals surface area contributed by atoms with Crippen LogP contribution >= 0.6 is 24.8 Å². The molecule has 29 heavy (non-hydrogen) atoms. The lowest BCUT2D eigenvalue weighted by Crippen LogP contribution is -2.20. The summed E-state index contributed by atoms with van der Waals surface area (Å²) in [5.74, 6) is -0.128. The van der Waals surface area contributed by atoms with Gasteiger partial charge in [0.25, 0.3) is 0 Å². The van der Waals surface area contributed by atoms with Crippen LogP contribution in [0.15, 0.2) is 85.6 Å². The van der Waals surface area contributed by atoms with E-state index in [9.17, 15) is 9.59 Å². The molecule has 0 saturated heterocycles. The summed E-state index contributed by atoms with van der Waals surface area (Å²) in [4.78, 5) is 28.2. The Morgan fingerprint density at radius 3 is 1.52 bits per heavy atom. The maximum absolute atomic E-state index is 12.1. The predicted octanol–water partition coefficient (Wildman–Crippen LogP) is 4.28. The van der Waals surface area contributed by atoms with Crippen molar-refractivity contribution in [3.63, 3.8) is 0 Å². The van der Waals surface area contributed by atoms with Gasteiger partial charge in [0.1, 0.15) is 0 Å². The molecular weight excluding hydrogens is 400 g/mol. The Morgan fingerprint density at radius 2 is 1.28 bits per heavy atom. The first-order valence-electron chi connectivity index (χ1n) is 8.74. The number of hydrogen-bond acceptors (Lipinski definition) is 5. The molecule has 4 rings (SSSR count). The number of fused-ring (bicyclic) bond motifs is 2. The van der Waals surface area contributed by atoms with Crippen LogP contribution in [0.4, 0.5) is 0 Å². The van der Waals surface area contributed by atoms with Gasteiger partial charge in [-0.2, -0.15) is 0 Å². The number of aromatic nitrogens is 1. The molecule has 0 bridgehead atoms. The molecule has 146 valence electrons. The number of nitrogens with zero attached hydrogens (tertiary/aromatic N) is 1. The maximum Gasteiger partial charge on any atom is 0.194 e. The normalized spacial score (nSPS) is 11.0. The molecule has 2 aromatic carbocycles. The highest BCUT2D eigenvalue weighted by molar-refractivity contribution is 8.11. The average Bonchev–Trinajstić information content (AvgIpc) is 2.78. The smallest absolute Gasteiger partial charge is 0.194 e. The zero-order chi connectivity index (χ0) is 21.2. The van der Waals surface area contributed by atoms with E-state index >= 15 is 0 Å². The molecule has 4 nitrogen and oxygen atoms in total. The first-order chi connectivity index (χ1) is 14.0. The second-order valence-corrected chi connectivity index (χ2v) is 6.95. The summed E-state index contributed by atoms with van der Waals surface area (Å²) in [7, 11) is 0. The number of thiol groups is 1. The Hall–Kier alpha value is -2.93. The van der Waals surface area contributed by atoms with Crippen molar-refractivity contribution in [2.75, 3.05) is 6.54 Å². The van der Waals surface area contributed by atoms with Gasteiger partial charge in [-0.3, -0.25) is 14.6 Å². The largest absolute Gasteiger partial charge is 0.327 e. The summed E-state index contributed by atoms with van der Waals surface area (Å²) < 4.78 is 0.538. The second-order valence-electron chi connectivity index (χ2n) is 5.79. The number of ketones is 2. The summed E-state index contributed by atoms with van der Waals surface area (Å²) in [6.07, 6.45) is 3.35. The number of hydrogen-bond donors (Lipinski definition) is 2. The molecule has 0 amide bonds. The first-order valence-corrected chi connectivity index (χ1v) is 9.59. The van der Waals surface area contributed by atoms with E-state index < -0.39 is 0 Å². The molecule has 2 N–H and O–H groups in total. The van der Waals surface area contributed by atoms with Crippen LogP contribution in [0, 0.1) is 0 Å². The number of carbonyl (C=O) groups is 2. The molecule has 0 aliphatic heterocycles. The van der Waals surface area contributed by atoms with Crippen LogP contribution in [0.1, 0.15) is 37.5 Å². The number of carbonyl (C=O) groups excluding carboxylic acids is 2. The van der Waals surface area contributed by atoms with Gasteiger partial charge in [-0.05, 0) is 12.1 Å². The van der Waals surface area contributed by atoms with Crippen molar-refractivity contribution in [1.82, 2.24) is 4.98 Å². The second kappa shape index (κ2) is 11.2. The summed E-state index contributed by atoms with van der Waals surface area (Å²) in [5, 5.41) is 0. The zero-order valence-corrected chi connectivity index (χ0v) is 17.3. The minimum atomic E-state index is -0.0641. The van der Waals surface area contributed by atoms with E-state index in [-0.39, 0.29) is 11.6 Å². The molecule has 0 spiro atoms. The van der Waals surface area contributed by atoms with E-state index in [1.165, 1.54) is 0 Å². The van der Waals surface area contributed by atoms with E-state index in [1.54, 1.807) is 60.8 Å². The highest BCUT2D eigenvalue weighted by Crippen LogP contribution is 2.26. The van der Waals surface area contributed by atoms with Crippen molar-refractivity contribution < 1.29 is 9.59 Å². The van der Waals surface area contributed by atoms with Gasteiger partial charge in [0, 0.05) is 35.0 Å². The van der Waals surface area contributed by atoms with Crippen LogP contribution in [0.3, 0.4) is 0 Å². The Bertz CT molecular complexity index is 928. The number of rotatable bonds is 2. The highest BCUT2D eigenvalue weighted by atomic mass is 32.1. The van der Waals surface area contributed by atoms with Crippen LogP contribution < -0.4 is 5.73 Å². The van der Waals surface area contributed by atoms with Gasteiger partial charge < -0.3 is 5.73 Å². The van der Waals surface area contributed by atoms with Gasteiger partial charge >= 0.3 is 0 Å². The fraction of sp³-hybridized carbons (Fsp3) is 0.0435. The van der Waals surface area contributed by atoms with Crippen molar-refractivity contribution in [1.29, 1.82) is 0 Å². The van der Waals surface area contributed by atoms with Gasteiger partial charge in [-0.15, -0.1) is 19.2 Å². The molecule has 0 unspecified atom stereocenters. The lowest BCUT2D eigenvalue weighted by molar-refractivity contribution is 0.0979. The highest BCUT2D eigenvalue weighted by Gasteiger charge is 2.28. The van der Waals surface area contributed by atoms with Crippen LogP contribution in [0.25, 0.3) is 0 Å².